The average molecular weight is 429 g/mol. The maximum Gasteiger partial charge on any atom is 0.243 e. The molecule has 0 saturated heterocycles. The van der Waals surface area contributed by atoms with Crippen molar-refractivity contribution in [1.29, 1.82) is 0 Å². The number of nitrogens with zero attached hydrogens (tertiary/aromatic N) is 1. The Bertz CT molecular complexity index is 935. The van der Waals surface area contributed by atoms with Crippen LogP contribution in [0.1, 0.15) is 12.5 Å². The molecule has 0 bridgehead atoms. The summed E-state index contributed by atoms with van der Waals surface area (Å²) in [4.78, 5) is 12.6. The Morgan fingerprint density at radius 1 is 1.25 bits per heavy atom. The van der Waals surface area contributed by atoms with E-state index in [1.54, 1.807) is 18.2 Å². The van der Waals surface area contributed by atoms with Crippen LogP contribution in [0, 0.1) is 5.82 Å². The molecule has 0 aliphatic carbocycles. The van der Waals surface area contributed by atoms with Crippen LogP contribution in [0.2, 0.25) is 5.02 Å². The van der Waals surface area contributed by atoms with E-state index < -0.39 is 22.0 Å². The minimum absolute atomic E-state index is 0.179. The molecule has 2 aromatic carbocycles. The minimum Gasteiger partial charge on any atom is -0.495 e. The topological polar surface area (TPSA) is 75.7 Å². The van der Waals surface area contributed by atoms with Gasteiger partial charge in [-0.25, -0.2) is 12.8 Å². The molecule has 0 spiro atoms. The maximum atomic E-state index is 12.9. The van der Waals surface area contributed by atoms with Gasteiger partial charge in [-0.2, -0.15) is 0 Å². The van der Waals surface area contributed by atoms with Crippen molar-refractivity contribution in [3.63, 3.8) is 0 Å². The Labute approximate surface area is 169 Å². The van der Waals surface area contributed by atoms with E-state index in [4.69, 9.17) is 16.3 Å². The van der Waals surface area contributed by atoms with E-state index in [1.807, 2.05) is 0 Å². The molecule has 152 valence electrons. The van der Waals surface area contributed by atoms with Gasteiger partial charge in [0.1, 0.15) is 17.6 Å². The van der Waals surface area contributed by atoms with Crippen molar-refractivity contribution >= 4 is 33.2 Å². The number of methoxy groups -OCH3 is 1. The van der Waals surface area contributed by atoms with E-state index >= 15 is 0 Å². The Kier molecular flexibility index (Phi) is 7.26. The lowest BCUT2D eigenvalue weighted by Crippen LogP contribution is -2.48. The fourth-order valence-electron chi connectivity index (χ4n) is 2.75. The first-order chi connectivity index (χ1) is 13.1. The van der Waals surface area contributed by atoms with Gasteiger partial charge in [0.25, 0.3) is 0 Å². The molecule has 1 unspecified atom stereocenters. The number of anilines is 1. The number of hydrogen-bond donors (Lipinski definition) is 1. The summed E-state index contributed by atoms with van der Waals surface area (Å²) >= 11 is 6.01. The summed E-state index contributed by atoms with van der Waals surface area (Å²) in [7, 11) is -2.40. The summed E-state index contributed by atoms with van der Waals surface area (Å²) in [5, 5.41) is 3.02. The second kappa shape index (κ2) is 9.25. The Hall–Kier alpha value is -2.32. The molecule has 28 heavy (non-hydrogen) atoms. The highest BCUT2D eigenvalue weighted by molar-refractivity contribution is 7.92. The van der Waals surface area contributed by atoms with E-state index in [2.05, 4.69) is 5.32 Å². The summed E-state index contributed by atoms with van der Waals surface area (Å²) in [6.07, 6.45) is 1.49. The first-order valence-electron chi connectivity index (χ1n) is 8.48. The van der Waals surface area contributed by atoms with E-state index in [0.29, 0.717) is 11.4 Å². The van der Waals surface area contributed by atoms with Gasteiger partial charge < -0.3 is 10.1 Å². The van der Waals surface area contributed by atoms with Crippen LogP contribution in [0.3, 0.4) is 0 Å². The molecule has 0 fully saturated rings. The number of ether oxygens (including phenoxy) is 1. The molecule has 6 nitrogen and oxygen atoms in total. The molecule has 0 aromatic heterocycles. The Morgan fingerprint density at radius 2 is 1.89 bits per heavy atom. The molecular formula is C19H22ClFN2O4S. The lowest BCUT2D eigenvalue weighted by molar-refractivity contribution is -0.121. The van der Waals surface area contributed by atoms with Crippen LogP contribution in [0.15, 0.2) is 42.5 Å². The van der Waals surface area contributed by atoms with Gasteiger partial charge in [-0.15, -0.1) is 0 Å². The molecule has 0 radical (unpaired) electrons. The lowest BCUT2D eigenvalue weighted by Gasteiger charge is -2.29. The van der Waals surface area contributed by atoms with Crippen LogP contribution < -0.4 is 14.4 Å². The van der Waals surface area contributed by atoms with Crippen molar-refractivity contribution in [2.75, 3.05) is 24.2 Å². The van der Waals surface area contributed by atoms with Crippen LogP contribution in [0.25, 0.3) is 0 Å². The van der Waals surface area contributed by atoms with Gasteiger partial charge in [0, 0.05) is 11.6 Å². The fourth-order valence-corrected chi connectivity index (χ4v) is 4.08. The highest BCUT2D eigenvalue weighted by Crippen LogP contribution is 2.34. The van der Waals surface area contributed by atoms with Gasteiger partial charge in [-0.3, -0.25) is 9.10 Å². The normalized spacial score (nSPS) is 12.3. The Balaban J connectivity index is 2.16. The van der Waals surface area contributed by atoms with Crippen molar-refractivity contribution in [1.82, 2.24) is 5.32 Å². The van der Waals surface area contributed by atoms with Gasteiger partial charge in [-0.1, -0.05) is 23.7 Å². The quantitative estimate of drug-likeness (QED) is 0.701. The van der Waals surface area contributed by atoms with Gasteiger partial charge in [0.15, 0.2) is 0 Å². The zero-order chi connectivity index (χ0) is 20.9. The molecule has 0 heterocycles. The lowest BCUT2D eigenvalue weighted by atomic mass is 10.1. The number of amides is 1. The molecule has 0 saturated carbocycles. The standard InChI is InChI=1S/C19H22ClFN2O4S/c1-13(19(24)22-11-10-14-4-7-16(21)8-5-14)23(28(3,25)26)17-12-15(20)6-9-18(17)27-2/h4-9,12-13H,10-11H2,1-3H3,(H,22,24). The minimum atomic E-state index is -3.80. The second-order valence-corrected chi connectivity index (χ2v) is 8.51. The number of hydrogen-bond acceptors (Lipinski definition) is 4. The molecule has 0 aliphatic heterocycles. The van der Waals surface area contributed by atoms with E-state index in [1.165, 1.54) is 38.3 Å². The third-order valence-corrected chi connectivity index (χ3v) is 5.56. The third-order valence-electron chi connectivity index (χ3n) is 4.09. The predicted octanol–water partition coefficient (Wildman–Crippen LogP) is 3.00. The van der Waals surface area contributed by atoms with Gasteiger partial charge in [0.2, 0.25) is 15.9 Å². The maximum absolute atomic E-state index is 12.9. The molecule has 2 aromatic rings. The van der Waals surface area contributed by atoms with Crippen LogP contribution >= 0.6 is 11.6 Å². The van der Waals surface area contributed by atoms with Crippen LogP contribution in [-0.4, -0.2) is 40.3 Å². The molecule has 1 atom stereocenters. The van der Waals surface area contributed by atoms with E-state index in [9.17, 15) is 17.6 Å². The largest absolute Gasteiger partial charge is 0.495 e. The first-order valence-corrected chi connectivity index (χ1v) is 10.7. The smallest absolute Gasteiger partial charge is 0.243 e. The first kappa shape index (κ1) is 22.0. The SMILES string of the molecule is COc1ccc(Cl)cc1N(C(C)C(=O)NCCc1ccc(F)cc1)S(C)(=O)=O. The van der Waals surface area contributed by atoms with Gasteiger partial charge >= 0.3 is 0 Å². The Morgan fingerprint density at radius 3 is 2.46 bits per heavy atom. The molecule has 0 aliphatic rings. The van der Waals surface area contributed by atoms with Crippen LogP contribution in [0.5, 0.6) is 5.75 Å². The highest BCUT2D eigenvalue weighted by atomic mass is 35.5. The zero-order valence-electron chi connectivity index (χ0n) is 15.8. The molecule has 9 heteroatoms. The molecule has 1 amide bonds. The van der Waals surface area contributed by atoms with E-state index in [-0.39, 0.29) is 23.8 Å². The zero-order valence-corrected chi connectivity index (χ0v) is 17.3. The number of nitrogens with one attached hydrogen (secondary N) is 1. The molecular weight excluding hydrogens is 407 g/mol. The predicted molar refractivity (Wildman–Crippen MR) is 108 cm³/mol. The fraction of sp³-hybridized carbons (Fsp3) is 0.316. The number of carbonyl (C=O) groups is 1. The second-order valence-electron chi connectivity index (χ2n) is 6.22. The van der Waals surface area contributed by atoms with Crippen molar-refractivity contribution in [2.24, 2.45) is 0 Å². The number of rotatable bonds is 8. The summed E-state index contributed by atoms with van der Waals surface area (Å²) in [6, 6.07) is 9.45. The monoisotopic (exact) mass is 428 g/mol. The van der Waals surface area contributed by atoms with Crippen molar-refractivity contribution in [3.8, 4) is 5.75 Å². The van der Waals surface area contributed by atoms with Gasteiger partial charge in [-0.05, 0) is 49.2 Å². The summed E-state index contributed by atoms with van der Waals surface area (Å²) in [5.74, 6) is -0.531. The highest BCUT2D eigenvalue weighted by Gasteiger charge is 2.31. The number of carbonyl (C=O) groups excluding carboxylic acids is 1. The van der Waals surface area contributed by atoms with Gasteiger partial charge in [0.05, 0.1) is 19.1 Å². The van der Waals surface area contributed by atoms with Crippen molar-refractivity contribution < 1.29 is 22.3 Å². The number of halogens is 2. The third kappa shape index (κ3) is 5.59. The summed E-state index contributed by atoms with van der Waals surface area (Å²) in [6.45, 7) is 1.76. The summed E-state index contributed by atoms with van der Waals surface area (Å²) < 4.78 is 43.9. The molecule has 2 rings (SSSR count). The average Bonchev–Trinajstić information content (AvgIpc) is 2.62. The van der Waals surface area contributed by atoms with Crippen LogP contribution in [0.4, 0.5) is 10.1 Å². The molecule has 1 N–H and O–H groups in total. The van der Waals surface area contributed by atoms with Crippen molar-refractivity contribution in [2.45, 2.75) is 19.4 Å². The number of benzene rings is 2. The number of sulfonamides is 1. The summed E-state index contributed by atoms with van der Waals surface area (Å²) in [5.41, 5.74) is 1.03. The van der Waals surface area contributed by atoms with Crippen LogP contribution in [-0.2, 0) is 21.2 Å². The van der Waals surface area contributed by atoms with Crippen molar-refractivity contribution in [3.05, 3.63) is 58.9 Å². The van der Waals surface area contributed by atoms with E-state index in [0.717, 1.165) is 16.1 Å².